The Labute approximate surface area is 193 Å². The monoisotopic (exact) mass is 460 g/mol. The van der Waals surface area contributed by atoms with Crippen LogP contribution in [0.1, 0.15) is 18.0 Å². The van der Waals surface area contributed by atoms with Crippen LogP contribution in [0.5, 0.6) is 11.5 Å². The Balaban J connectivity index is 1.53. The fraction of sp³-hybridized carbons (Fsp3) is 0.167. The maximum Gasteiger partial charge on any atom is 0.275 e. The molecule has 1 saturated heterocycles. The number of likely N-dealkylation sites (tertiary alicyclic amines) is 1. The molecule has 2 aromatic heterocycles. The first-order chi connectivity index (χ1) is 16.4. The number of carbonyl (C=O) groups excluding carboxylic acids is 1. The molecule has 0 saturated carbocycles. The third-order valence-electron chi connectivity index (χ3n) is 5.83. The molecule has 1 unspecified atom stereocenters. The first-order valence-electron chi connectivity index (χ1n) is 10.7. The molecule has 2 aromatic carbocycles. The highest BCUT2D eigenvalue weighted by molar-refractivity contribution is 5.91. The summed E-state index contributed by atoms with van der Waals surface area (Å²) in [5.41, 5.74) is 7.33. The van der Waals surface area contributed by atoms with Crippen LogP contribution in [0.15, 0.2) is 66.0 Å². The number of hydrogen-bond donors (Lipinski definition) is 2. The number of benzene rings is 2. The molecule has 172 valence electrons. The number of aromatic amines is 1. The zero-order chi connectivity index (χ0) is 23.8. The van der Waals surface area contributed by atoms with E-state index in [-0.39, 0.29) is 17.6 Å². The van der Waals surface area contributed by atoms with Gasteiger partial charge in [-0.15, -0.1) is 0 Å². The molecule has 0 bridgehead atoms. The Hall–Kier alpha value is -4.47. The van der Waals surface area contributed by atoms with Crippen molar-refractivity contribution in [2.75, 3.05) is 18.8 Å². The van der Waals surface area contributed by atoms with Gasteiger partial charge in [-0.3, -0.25) is 9.59 Å². The van der Waals surface area contributed by atoms with Crippen LogP contribution in [-0.2, 0) is 4.79 Å². The largest absolute Gasteiger partial charge is 0.457 e. The van der Waals surface area contributed by atoms with Gasteiger partial charge in [0.25, 0.3) is 5.56 Å². The summed E-state index contributed by atoms with van der Waals surface area (Å²) in [5, 5.41) is 11.4. The molecule has 34 heavy (non-hydrogen) atoms. The minimum atomic E-state index is -0.398. The van der Waals surface area contributed by atoms with Gasteiger partial charge in [0.2, 0.25) is 5.91 Å². The van der Waals surface area contributed by atoms with Crippen LogP contribution < -0.4 is 16.0 Å². The van der Waals surface area contributed by atoms with Crippen molar-refractivity contribution in [3.63, 3.8) is 0 Å². The maximum atomic E-state index is 13.4. The van der Waals surface area contributed by atoms with E-state index < -0.39 is 11.4 Å². The van der Waals surface area contributed by atoms with Gasteiger partial charge >= 0.3 is 0 Å². The van der Waals surface area contributed by atoms with Crippen molar-refractivity contribution in [3.8, 4) is 17.2 Å². The van der Waals surface area contributed by atoms with E-state index in [1.165, 1.54) is 18.2 Å². The molecule has 0 aliphatic carbocycles. The van der Waals surface area contributed by atoms with Crippen LogP contribution in [0, 0.1) is 5.82 Å². The number of amides is 1. The zero-order valence-corrected chi connectivity index (χ0v) is 18.1. The number of nitrogens with two attached hydrogens (primary N) is 1. The van der Waals surface area contributed by atoms with Crippen molar-refractivity contribution < 1.29 is 13.9 Å². The van der Waals surface area contributed by atoms with E-state index in [4.69, 9.17) is 15.6 Å². The Bertz CT molecular complexity index is 1460. The van der Waals surface area contributed by atoms with Gasteiger partial charge in [0.05, 0.1) is 16.8 Å². The van der Waals surface area contributed by atoms with Gasteiger partial charge in [0.1, 0.15) is 22.8 Å². The molecule has 1 aliphatic rings. The highest BCUT2D eigenvalue weighted by Gasteiger charge is 2.31. The van der Waals surface area contributed by atoms with Crippen molar-refractivity contribution in [2.45, 2.75) is 12.3 Å². The van der Waals surface area contributed by atoms with Crippen molar-refractivity contribution in [2.24, 2.45) is 0 Å². The van der Waals surface area contributed by atoms with Crippen LogP contribution in [0.2, 0.25) is 0 Å². The minimum absolute atomic E-state index is 0.130. The number of H-pyrrole nitrogens is 1. The van der Waals surface area contributed by atoms with Crippen LogP contribution in [0.25, 0.3) is 16.6 Å². The number of halogens is 1. The number of carbonyl (C=O) groups is 1. The molecule has 5 rings (SSSR count). The lowest BCUT2D eigenvalue weighted by Gasteiger charge is -2.13. The van der Waals surface area contributed by atoms with E-state index in [2.05, 4.69) is 16.8 Å². The first-order valence-corrected chi connectivity index (χ1v) is 10.7. The second-order valence-electron chi connectivity index (χ2n) is 7.99. The smallest absolute Gasteiger partial charge is 0.275 e. The minimum Gasteiger partial charge on any atom is -0.457 e. The second kappa shape index (κ2) is 8.47. The third-order valence-corrected chi connectivity index (χ3v) is 5.83. The Kier molecular flexibility index (Phi) is 5.33. The number of rotatable bonds is 5. The van der Waals surface area contributed by atoms with Gasteiger partial charge in [-0.1, -0.05) is 12.6 Å². The van der Waals surface area contributed by atoms with Gasteiger partial charge in [-0.05, 0) is 48.9 Å². The van der Waals surface area contributed by atoms with Crippen molar-refractivity contribution in [3.05, 3.63) is 83.1 Å². The predicted molar refractivity (Wildman–Crippen MR) is 125 cm³/mol. The molecule has 0 radical (unpaired) electrons. The Morgan fingerprint density at radius 2 is 2.03 bits per heavy atom. The Morgan fingerprint density at radius 3 is 2.76 bits per heavy atom. The topological polar surface area (TPSA) is 119 Å². The SMILES string of the molecule is C=CC(=O)N1CCC(c2nn(-c3ccc(Oc4cccc(F)c4)cc3)c3c(N)n[nH]c(=O)c23)C1. The lowest BCUT2D eigenvalue weighted by molar-refractivity contribution is -0.125. The highest BCUT2D eigenvalue weighted by atomic mass is 19.1. The lowest BCUT2D eigenvalue weighted by atomic mass is 10.0. The molecule has 0 spiro atoms. The van der Waals surface area contributed by atoms with Crippen LogP contribution in [0.4, 0.5) is 10.2 Å². The summed E-state index contributed by atoms with van der Waals surface area (Å²) < 4.78 is 20.7. The number of ether oxygens (including phenoxy) is 1. The van der Waals surface area contributed by atoms with E-state index in [0.29, 0.717) is 53.3 Å². The summed E-state index contributed by atoms with van der Waals surface area (Å²) in [7, 11) is 0. The number of nitrogens with zero attached hydrogens (tertiary/aromatic N) is 4. The van der Waals surface area contributed by atoms with Crippen LogP contribution >= 0.6 is 0 Å². The average molecular weight is 460 g/mol. The maximum absolute atomic E-state index is 13.4. The summed E-state index contributed by atoms with van der Waals surface area (Å²) in [6.45, 7) is 4.52. The summed E-state index contributed by atoms with van der Waals surface area (Å²) >= 11 is 0. The van der Waals surface area contributed by atoms with Crippen LogP contribution in [-0.4, -0.2) is 43.9 Å². The molecule has 1 aliphatic heterocycles. The molecule has 9 nitrogen and oxygen atoms in total. The van der Waals surface area contributed by atoms with Crippen LogP contribution in [0.3, 0.4) is 0 Å². The number of hydrogen-bond acceptors (Lipinski definition) is 6. The first kappa shape index (κ1) is 21.4. The normalized spacial score (nSPS) is 15.6. The zero-order valence-electron chi connectivity index (χ0n) is 18.1. The average Bonchev–Trinajstić information content (AvgIpc) is 3.48. The quantitative estimate of drug-likeness (QED) is 0.442. The molecule has 1 amide bonds. The van der Waals surface area contributed by atoms with Gasteiger partial charge < -0.3 is 15.4 Å². The summed E-state index contributed by atoms with van der Waals surface area (Å²) in [6, 6.07) is 12.8. The van der Waals surface area contributed by atoms with Gasteiger partial charge in [-0.2, -0.15) is 10.2 Å². The van der Waals surface area contributed by atoms with E-state index in [9.17, 15) is 14.0 Å². The van der Waals surface area contributed by atoms with Crippen molar-refractivity contribution in [1.29, 1.82) is 0 Å². The van der Waals surface area contributed by atoms with Gasteiger partial charge in [-0.25, -0.2) is 14.2 Å². The van der Waals surface area contributed by atoms with E-state index in [1.807, 2.05) is 0 Å². The molecule has 1 fully saturated rings. The second-order valence-corrected chi connectivity index (χ2v) is 7.99. The number of nitrogen functional groups attached to an aromatic ring is 1. The third kappa shape index (κ3) is 3.79. The molecular formula is C24H21FN6O3. The standard InChI is InChI=1S/C24H21FN6O3/c1-2-19(32)30-11-10-14(13-30)21-20-22(23(26)27-28-24(20)33)31(29-21)16-6-8-17(9-7-16)34-18-5-3-4-15(25)12-18/h2-9,12,14H,1,10-11,13H2,(H2,26,27)(H,28,33). The number of fused-ring (bicyclic) bond motifs is 1. The van der Waals surface area contributed by atoms with E-state index >= 15 is 0 Å². The highest BCUT2D eigenvalue weighted by Crippen LogP contribution is 2.33. The molecule has 10 heteroatoms. The molecule has 1 atom stereocenters. The number of anilines is 1. The molecule has 3 N–H and O–H groups in total. The van der Waals surface area contributed by atoms with Gasteiger partial charge in [0, 0.05) is 25.1 Å². The van der Waals surface area contributed by atoms with Gasteiger partial charge in [0.15, 0.2) is 5.82 Å². The molecule has 3 heterocycles. The fourth-order valence-electron chi connectivity index (χ4n) is 4.22. The molecular weight excluding hydrogens is 439 g/mol. The summed E-state index contributed by atoms with van der Waals surface area (Å²) in [5.74, 6) is 0.327. The predicted octanol–water partition coefficient (Wildman–Crippen LogP) is 3.12. The van der Waals surface area contributed by atoms with Crippen molar-refractivity contribution in [1.82, 2.24) is 24.9 Å². The fourth-order valence-corrected chi connectivity index (χ4v) is 4.22. The molecule has 4 aromatic rings. The summed E-state index contributed by atoms with van der Waals surface area (Å²) in [6.07, 6.45) is 1.94. The van der Waals surface area contributed by atoms with Crippen molar-refractivity contribution >= 4 is 22.6 Å². The van der Waals surface area contributed by atoms with E-state index in [0.717, 1.165) is 0 Å². The summed E-state index contributed by atoms with van der Waals surface area (Å²) in [4.78, 5) is 26.5. The lowest BCUT2D eigenvalue weighted by Crippen LogP contribution is -2.26. The Morgan fingerprint density at radius 1 is 1.24 bits per heavy atom. The number of nitrogens with one attached hydrogen (secondary N) is 1. The number of aromatic nitrogens is 4. The van der Waals surface area contributed by atoms with E-state index in [1.54, 1.807) is 46.0 Å².